The molecule has 0 atom stereocenters. The maximum Gasteiger partial charge on any atom is 0.152 e. The third kappa shape index (κ3) is 2.52. The van der Waals surface area contributed by atoms with Gasteiger partial charge in [-0.15, -0.1) is 11.3 Å². The van der Waals surface area contributed by atoms with Gasteiger partial charge in [0.15, 0.2) is 5.75 Å². The summed E-state index contributed by atoms with van der Waals surface area (Å²) in [5, 5.41) is 3.94. The molecule has 0 N–H and O–H groups in total. The van der Waals surface area contributed by atoms with Gasteiger partial charge < -0.3 is 9.47 Å². The summed E-state index contributed by atoms with van der Waals surface area (Å²) < 4.78 is 11.7. The molecule has 0 bridgehead atoms. The first-order chi connectivity index (χ1) is 7.29. The van der Waals surface area contributed by atoms with E-state index in [-0.39, 0.29) is 0 Å². The fourth-order valence-corrected chi connectivity index (χ4v) is 2.39. The van der Waals surface area contributed by atoms with E-state index in [1.807, 2.05) is 35.0 Å². The monoisotopic (exact) mass is 284 g/mol. The minimum atomic E-state index is 0.801. The number of benzene rings is 1. The average Bonchev–Trinajstić information content (AvgIpc) is 2.66. The number of rotatable bonds is 3. The van der Waals surface area contributed by atoms with Gasteiger partial charge in [-0.25, -0.2) is 0 Å². The van der Waals surface area contributed by atoms with Crippen LogP contribution in [0.5, 0.6) is 17.2 Å². The third-order valence-electron chi connectivity index (χ3n) is 1.87. The van der Waals surface area contributed by atoms with Crippen LogP contribution in [0, 0.1) is 0 Å². The first kappa shape index (κ1) is 10.5. The number of hydrogen-bond donors (Lipinski definition) is 0. The van der Waals surface area contributed by atoms with Gasteiger partial charge in [0.25, 0.3) is 0 Å². The van der Waals surface area contributed by atoms with Crippen LogP contribution in [0.1, 0.15) is 0 Å². The third-order valence-corrected chi connectivity index (χ3v) is 3.51. The van der Waals surface area contributed by atoms with Crippen LogP contribution in [0.3, 0.4) is 0 Å². The van der Waals surface area contributed by atoms with Crippen LogP contribution in [-0.4, -0.2) is 7.11 Å². The van der Waals surface area contributed by atoms with E-state index in [0.29, 0.717) is 0 Å². The first-order valence-corrected chi connectivity index (χ1v) is 6.07. The Kier molecular flexibility index (Phi) is 3.28. The Hall–Kier alpha value is -1.00. The van der Waals surface area contributed by atoms with Crippen molar-refractivity contribution in [3.8, 4) is 17.2 Å². The molecule has 0 aliphatic heterocycles. The van der Waals surface area contributed by atoms with Crippen molar-refractivity contribution in [3.05, 3.63) is 39.5 Å². The molecular formula is C11H9BrO2S. The SMILES string of the molecule is COc1ccc(Oc2cscc2Br)cc1. The van der Waals surface area contributed by atoms with Gasteiger partial charge in [0, 0.05) is 10.8 Å². The Morgan fingerprint density at radius 2 is 1.73 bits per heavy atom. The molecule has 1 aromatic carbocycles. The van der Waals surface area contributed by atoms with Crippen LogP contribution in [0.2, 0.25) is 0 Å². The summed E-state index contributed by atoms with van der Waals surface area (Å²) in [6.07, 6.45) is 0. The molecule has 1 aromatic heterocycles. The molecule has 15 heavy (non-hydrogen) atoms. The van der Waals surface area contributed by atoms with E-state index in [2.05, 4.69) is 15.9 Å². The quantitative estimate of drug-likeness (QED) is 0.836. The average molecular weight is 285 g/mol. The molecule has 0 saturated heterocycles. The molecule has 0 fully saturated rings. The predicted molar refractivity (Wildman–Crippen MR) is 65.1 cm³/mol. The standard InChI is InChI=1S/C11H9BrO2S/c1-13-8-2-4-9(5-3-8)14-11-7-15-6-10(11)12/h2-7H,1H3. The van der Waals surface area contributed by atoms with Gasteiger partial charge in [0.05, 0.1) is 11.6 Å². The Balaban J connectivity index is 2.14. The van der Waals surface area contributed by atoms with Gasteiger partial charge >= 0.3 is 0 Å². The van der Waals surface area contributed by atoms with Crippen molar-refractivity contribution in [2.24, 2.45) is 0 Å². The Morgan fingerprint density at radius 3 is 2.27 bits per heavy atom. The van der Waals surface area contributed by atoms with E-state index in [1.165, 1.54) is 0 Å². The van der Waals surface area contributed by atoms with Gasteiger partial charge in [0.1, 0.15) is 11.5 Å². The topological polar surface area (TPSA) is 18.5 Å². The summed E-state index contributed by atoms with van der Waals surface area (Å²) in [7, 11) is 1.64. The van der Waals surface area contributed by atoms with Gasteiger partial charge in [-0.2, -0.15) is 0 Å². The Labute approximate surface area is 101 Å². The Bertz CT molecular complexity index is 436. The highest BCUT2D eigenvalue weighted by Crippen LogP contribution is 2.33. The van der Waals surface area contributed by atoms with Crippen molar-refractivity contribution < 1.29 is 9.47 Å². The van der Waals surface area contributed by atoms with Crippen LogP contribution in [-0.2, 0) is 0 Å². The van der Waals surface area contributed by atoms with Gasteiger partial charge in [-0.1, -0.05) is 0 Å². The van der Waals surface area contributed by atoms with Crippen molar-refractivity contribution in [1.29, 1.82) is 0 Å². The molecule has 0 saturated carbocycles. The highest BCUT2D eigenvalue weighted by atomic mass is 79.9. The molecule has 0 aliphatic rings. The molecule has 2 aromatic rings. The number of thiophene rings is 1. The maximum absolute atomic E-state index is 5.66. The second-order valence-corrected chi connectivity index (χ2v) is 4.46. The molecule has 0 unspecified atom stereocenters. The van der Waals surface area contributed by atoms with Crippen molar-refractivity contribution in [1.82, 2.24) is 0 Å². The highest BCUT2D eigenvalue weighted by Gasteiger charge is 2.03. The molecule has 0 spiro atoms. The molecule has 2 nitrogen and oxygen atoms in total. The zero-order valence-corrected chi connectivity index (χ0v) is 10.5. The smallest absolute Gasteiger partial charge is 0.152 e. The maximum atomic E-state index is 5.66. The van der Waals surface area contributed by atoms with E-state index < -0.39 is 0 Å². The van der Waals surface area contributed by atoms with Gasteiger partial charge in [-0.05, 0) is 40.2 Å². The van der Waals surface area contributed by atoms with E-state index >= 15 is 0 Å². The highest BCUT2D eigenvalue weighted by molar-refractivity contribution is 9.10. The number of hydrogen-bond acceptors (Lipinski definition) is 3. The minimum absolute atomic E-state index is 0.801. The molecule has 78 valence electrons. The first-order valence-electron chi connectivity index (χ1n) is 4.33. The van der Waals surface area contributed by atoms with Crippen molar-refractivity contribution >= 4 is 27.3 Å². The van der Waals surface area contributed by atoms with E-state index in [9.17, 15) is 0 Å². The minimum Gasteiger partial charge on any atom is -0.497 e. The zero-order chi connectivity index (χ0) is 10.7. The Morgan fingerprint density at radius 1 is 1.07 bits per heavy atom. The summed E-state index contributed by atoms with van der Waals surface area (Å²) in [4.78, 5) is 0. The lowest BCUT2D eigenvalue weighted by atomic mass is 10.3. The van der Waals surface area contributed by atoms with Crippen molar-refractivity contribution in [3.63, 3.8) is 0 Å². The van der Waals surface area contributed by atoms with E-state index in [4.69, 9.17) is 9.47 Å². The molecule has 1 heterocycles. The molecule has 0 amide bonds. The fourth-order valence-electron chi connectivity index (χ4n) is 1.11. The number of methoxy groups -OCH3 is 1. The fraction of sp³-hybridized carbons (Fsp3) is 0.0909. The summed E-state index contributed by atoms with van der Waals surface area (Å²) in [6.45, 7) is 0. The summed E-state index contributed by atoms with van der Waals surface area (Å²) in [5.41, 5.74) is 0. The summed E-state index contributed by atoms with van der Waals surface area (Å²) in [5.74, 6) is 2.46. The van der Waals surface area contributed by atoms with Crippen LogP contribution in [0.4, 0.5) is 0 Å². The molecular weight excluding hydrogens is 276 g/mol. The van der Waals surface area contributed by atoms with Crippen molar-refractivity contribution in [2.75, 3.05) is 7.11 Å². The lowest BCUT2D eigenvalue weighted by Gasteiger charge is -2.05. The normalized spacial score (nSPS) is 10.0. The largest absolute Gasteiger partial charge is 0.497 e. The van der Waals surface area contributed by atoms with E-state index in [1.54, 1.807) is 18.4 Å². The second-order valence-electron chi connectivity index (χ2n) is 2.86. The summed E-state index contributed by atoms with van der Waals surface area (Å²) in [6, 6.07) is 7.50. The molecule has 0 aliphatic carbocycles. The van der Waals surface area contributed by atoms with Gasteiger partial charge in [-0.3, -0.25) is 0 Å². The van der Waals surface area contributed by atoms with Crippen LogP contribution in [0.15, 0.2) is 39.5 Å². The zero-order valence-electron chi connectivity index (χ0n) is 8.07. The number of ether oxygens (including phenoxy) is 2. The lowest BCUT2D eigenvalue weighted by Crippen LogP contribution is -1.84. The van der Waals surface area contributed by atoms with Crippen LogP contribution in [0.25, 0.3) is 0 Å². The summed E-state index contributed by atoms with van der Waals surface area (Å²) >= 11 is 5.01. The molecule has 0 radical (unpaired) electrons. The van der Waals surface area contributed by atoms with Crippen LogP contribution < -0.4 is 9.47 Å². The number of halogens is 1. The second kappa shape index (κ2) is 4.68. The molecule has 2 rings (SSSR count). The predicted octanol–water partition coefficient (Wildman–Crippen LogP) is 4.31. The van der Waals surface area contributed by atoms with Gasteiger partial charge in [0.2, 0.25) is 0 Å². The van der Waals surface area contributed by atoms with Crippen LogP contribution >= 0.6 is 27.3 Å². The van der Waals surface area contributed by atoms with Crippen molar-refractivity contribution in [2.45, 2.75) is 0 Å². The molecule has 4 heteroatoms. The van der Waals surface area contributed by atoms with E-state index in [0.717, 1.165) is 21.7 Å². The lowest BCUT2D eigenvalue weighted by molar-refractivity contribution is 0.413.